The van der Waals surface area contributed by atoms with Crippen LogP contribution in [0.2, 0.25) is 0 Å². The van der Waals surface area contributed by atoms with Crippen LogP contribution in [-0.4, -0.2) is 34.1 Å². The van der Waals surface area contributed by atoms with Gasteiger partial charge in [0, 0.05) is 13.2 Å². The van der Waals surface area contributed by atoms with Gasteiger partial charge in [-0.2, -0.15) is 5.10 Å². The lowest BCUT2D eigenvalue weighted by Gasteiger charge is -2.29. The zero-order valence-electron chi connectivity index (χ0n) is 20.5. The van der Waals surface area contributed by atoms with E-state index >= 15 is 0 Å². The molecule has 8 heteroatoms. The molecule has 4 heterocycles. The van der Waals surface area contributed by atoms with Crippen LogP contribution in [0.3, 0.4) is 0 Å². The fourth-order valence-electron chi connectivity index (χ4n) is 4.81. The summed E-state index contributed by atoms with van der Waals surface area (Å²) in [6.07, 6.45) is 6.37. The standard InChI is InChI=1S/C27H31N3O4S/c1-4-18-8-6-7-9-20(18)22(34-19-10-13-32-14-11-19)16-30-27-23(24(31)21(5-2)29-30)17(3)25(35-27)26-28-12-15-33-26/h6-9,12,15,19,22H,4-5,10-11,13-14,16H2,1-3H3. The van der Waals surface area contributed by atoms with Gasteiger partial charge in [-0.15, -0.1) is 11.3 Å². The number of nitrogens with zero attached hydrogens (tertiary/aromatic N) is 3. The highest BCUT2D eigenvalue weighted by molar-refractivity contribution is 7.22. The predicted octanol–water partition coefficient (Wildman–Crippen LogP) is 5.48. The van der Waals surface area contributed by atoms with E-state index in [1.165, 1.54) is 22.5 Å². The summed E-state index contributed by atoms with van der Waals surface area (Å²) in [6.45, 7) is 8.06. The molecule has 0 N–H and O–H groups in total. The molecule has 3 aromatic heterocycles. The third-order valence-corrected chi connectivity index (χ3v) is 7.99. The number of hydrogen-bond acceptors (Lipinski definition) is 7. The van der Waals surface area contributed by atoms with E-state index < -0.39 is 0 Å². The second kappa shape index (κ2) is 10.4. The molecule has 0 spiro atoms. The molecule has 1 unspecified atom stereocenters. The first kappa shape index (κ1) is 23.9. The van der Waals surface area contributed by atoms with Gasteiger partial charge in [0.1, 0.15) is 22.9 Å². The number of oxazole rings is 1. The minimum absolute atomic E-state index is 0.0128. The lowest BCUT2D eigenvalue weighted by atomic mass is 9.99. The predicted molar refractivity (Wildman–Crippen MR) is 137 cm³/mol. The summed E-state index contributed by atoms with van der Waals surface area (Å²) < 4.78 is 19.8. The van der Waals surface area contributed by atoms with Crippen LogP contribution < -0.4 is 5.43 Å². The van der Waals surface area contributed by atoms with Crippen LogP contribution in [-0.2, 0) is 28.9 Å². The molecule has 5 rings (SSSR count). The minimum Gasteiger partial charge on any atom is -0.444 e. The number of fused-ring (bicyclic) bond motifs is 1. The van der Waals surface area contributed by atoms with Crippen molar-refractivity contribution >= 4 is 21.6 Å². The summed E-state index contributed by atoms with van der Waals surface area (Å²) in [6, 6.07) is 8.46. The molecule has 0 bridgehead atoms. The average Bonchev–Trinajstić information content (AvgIpc) is 3.54. The maximum absolute atomic E-state index is 13.3. The summed E-state index contributed by atoms with van der Waals surface area (Å²) in [5, 5.41) is 5.53. The molecule has 184 valence electrons. The Morgan fingerprint density at radius 3 is 2.71 bits per heavy atom. The zero-order chi connectivity index (χ0) is 24.4. The van der Waals surface area contributed by atoms with Crippen LogP contribution in [0.15, 0.2) is 45.9 Å². The van der Waals surface area contributed by atoms with Crippen molar-refractivity contribution in [3.8, 4) is 10.8 Å². The number of ether oxygens (including phenoxy) is 2. The molecule has 1 aromatic carbocycles. The van der Waals surface area contributed by atoms with E-state index in [0.29, 0.717) is 29.9 Å². The summed E-state index contributed by atoms with van der Waals surface area (Å²) >= 11 is 1.50. The molecular formula is C27H31N3O4S. The zero-order valence-corrected chi connectivity index (χ0v) is 21.3. The summed E-state index contributed by atoms with van der Waals surface area (Å²) in [5.74, 6) is 0.527. The van der Waals surface area contributed by atoms with Gasteiger partial charge in [0.05, 0.1) is 29.1 Å². The Kier molecular flexibility index (Phi) is 7.13. The van der Waals surface area contributed by atoms with Gasteiger partial charge >= 0.3 is 0 Å². The van der Waals surface area contributed by atoms with E-state index in [4.69, 9.17) is 19.0 Å². The SMILES string of the molecule is CCc1ccccc1C(Cn1nc(CC)c(=O)c2c(C)c(-c3ncco3)sc21)OC1CCOCC1. The van der Waals surface area contributed by atoms with Crippen molar-refractivity contribution in [1.82, 2.24) is 14.8 Å². The third kappa shape index (κ3) is 4.70. The Hall–Kier alpha value is -2.81. The van der Waals surface area contributed by atoms with Gasteiger partial charge in [-0.1, -0.05) is 38.1 Å². The first-order valence-electron chi connectivity index (χ1n) is 12.3. The van der Waals surface area contributed by atoms with Crippen LogP contribution in [0.5, 0.6) is 0 Å². The van der Waals surface area contributed by atoms with Gasteiger partial charge in [0.25, 0.3) is 0 Å². The van der Waals surface area contributed by atoms with E-state index in [2.05, 4.69) is 36.2 Å². The molecule has 0 amide bonds. The topological polar surface area (TPSA) is 79.4 Å². The van der Waals surface area contributed by atoms with E-state index in [9.17, 15) is 4.79 Å². The van der Waals surface area contributed by atoms with E-state index in [1.54, 1.807) is 12.5 Å². The third-order valence-electron chi connectivity index (χ3n) is 6.70. The van der Waals surface area contributed by atoms with Crippen molar-refractivity contribution in [2.45, 2.75) is 65.2 Å². The molecule has 0 aliphatic carbocycles. The molecule has 1 fully saturated rings. The number of thiophene rings is 1. The number of hydrogen-bond donors (Lipinski definition) is 0. The first-order valence-corrected chi connectivity index (χ1v) is 13.2. The van der Waals surface area contributed by atoms with Crippen LogP contribution in [0, 0.1) is 6.92 Å². The van der Waals surface area contributed by atoms with Crippen LogP contribution in [0.4, 0.5) is 0 Å². The number of aryl methyl sites for hydroxylation is 3. The largest absolute Gasteiger partial charge is 0.444 e. The van der Waals surface area contributed by atoms with E-state index in [0.717, 1.165) is 47.7 Å². The molecule has 1 saturated heterocycles. The normalized spacial score (nSPS) is 15.6. The van der Waals surface area contributed by atoms with E-state index in [-0.39, 0.29) is 17.6 Å². The van der Waals surface area contributed by atoms with Crippen molar-refractivity contribution in [3.05, 3.63) is 69.3 Å². The molecule has 1 atom stereocenters. The number of aromatic nitrogens is 3. The van der Waals surface area contributed by atoms with Crippen LogP contribution in [0.1, 0.15) is 55.2 Å². The molecule has 0 saturated carbocycles. The van der Waals surface area contributed by atoms with Gasteiger partial charge in [0.15, 0.2) is 0 Å². The van der Waals surface area contributed by atoms with Crippen molar-refractivity contribution in [3.63, 3.8) is 0 Å². The number of rotatable bonds is 8. The second-order valence-electron chi connectivity index (χ2n) is 8.87. The first-order chi connectivity index (χ1) is 17.1. The Labute approximate surface area is 208 Å². The highest BCUT2D eigenvalue weighted by atomic mass is 32.1. The molecule has 4 aromatic rings. The molecule has 35 heavy (non-hydrogen) atoms. The molecular weight excluding hydrogens is 462 g/mol. The van der Waals surface area contributed by atoms with Crippen molar-refractivity contribution in [2.75, 3.05) is 13.2 Å². The molecule has 1 aliphatic heterocycles. The summed E-state index contributed by atoms with van der Waals surface area (Å²) in [7, 11) is 0. The van der Waals surface area contributed by atoms with Crippen molar-refractivity contribution in [2.24, 2.45) is 0 Å². The van der Waals surface area contributed by atoms with Gasteiger partial charge in [-0.3, -0.25) is 9.48 Å². The number of benzene rings is 1. The molecule has 0 radical (unpaired) electrons. The highest BCUT2D eigenvalue weighted by Crippen LogP contribution is 2.37. The van der Waals surface area contributed by atoms with Gasteiger partial charge < -0.3 is 13.9 Å². The monoisotopic (exact) mass is 493 g/mol. The van der Waals surface area contributed by atoms with Gasteiger partial charge in [-0.25, -0.2) is 4.98 Å². The van der Waals surface area contributed by atoms with E-state index in [1.807, 2.05) is 18.5 Å². The van der Waals surface area contributed by atoms with Crippen molar-refractivity contribution < 1.29 is 13.9 Å². The van der Waals surface area contributed by atoms with Gasteiger partial charge in [-0.05, 0) is 49.3 Å². The average molecular weight is 494 g/mol. The quantitative estimate of drug-likeness (QED) is 0.323. The summed E-state index contributed by atoms with van der Waals surface area (Å²) in [5.41, 5.74) is 3.88. The van der Waals surface area contributed by atoms with Gasteiger partial charge in [0.2, 0.25) is 11.3 Å². The minimum atomic E-state index is -0.190. The summed E-state index contributed by atoms with van der Waals surface area (Å²) in [4.78, 5) is 19.3. The Bertz CT molecular complexity index is 1350. The Balaban J connectivity index is 1.63. The maximum atomic E-state index is 13.3. The lowest BCUT2D eigenvalue weighted by molar-refractivity contribution is -0.0756. The van der Waals surface area contributed by atoms with Crippen LogP contribution >= 0.6 is 11.3 Å². The fraction of sp³-hybridized carbons (Fsp3) is 0.444. The Morgan fingerprint density at radius 2 is 2.00 bits per heavy atom. The second-order valence-corrected chi connectivity index (χ2v) is 9.87. The van der Waals surface area contributed by atoms with Crippen LogP contribution in [0.25, 0.3) is 21.0 Å². The lowest BCUT2D eigenvalue weighted by Crippen LogP contribution is -2.28. The highest BCUT2D eigenvalue weighted by Gasteiger charge is 2.26. The maximum Gasteiger partial charge on any atom is 0.236 e. The molecule has 7 nitrogen and oxygen atoms in total. The molecule has 1 aliphatic rings. The van der Waals surface area contributed by atoms with Crippen molar-refractivity contribution in [1.29, 1.82) is 0 Å². The smallest absolute Gasteiger partial charge is 0.236 e. The fourth-order valence-corrected chi connectivity index (χ4v) is 6.01. The Morgan fingerprint density at radius 1 is 1.20 bits per heavy atom.